The first kappa shape index (κ1) is 15.8. The highest BCUT2D eigenvalue weighted by atomic mass is 16.5. The molecule has 122 valence electrons. The largest absolute Gasteiger partial charge is 0.478 e. The molecule has 23 heavy (non-hydrogen) atoms. The molecule has 1 saturated heterocycles. The van der Waals surface area contributed by atoms with E-state index in [9.17, 15) is 4.79 Å². The molecular weight excluding hydrogens is 294 g/mol. The fraction of sp³-hybridized carbons (Fsp3) is 0.389. The summed E-state index contributed by atoms with van der Waals surface area (Å²) in [4.78, 5) is 13.3. The van der Waals surface area contributed by atoms with Gasteiger partial charge in [0.25, 0.3) is 0 Å². The van der Waals surface area contributed by atoms with E-state index in [1.807, 2.05) is 24.3 Å². The molecule has 0 amide bonds. The zero-order chi connectivity index (χ0) is 16.2. The summed E-state index contributed by atoms with van der Waals surface area (Å²) in [6, 6.07) is 11.4. The molecule has 0 spiro atoms. The Morgan fingerprint density at radius 1 is 1.30 bits per heavy atom. The van der Waals surface area contributed by atoms with Crippen molar-refractivity contribution in [1.29, 1.82) is 0 Å². The number of hydrogen-bond donors (Lipinski definition) is 1. The Hall–Kier alpha value is -2.11. The van der Waals surface area contributed by atoms with Gasteiger partial charge in [-0.2, -0.15) is 0 Å². The summed E-state index contributed by atoms with van der Waals surface area (Å²) in [5, 5.41) is 8.96. The summed E-state index contributed by atoms with van der Waals surface area (Å²) in [5.41, 5.74) is 1.44. The molecule has 1 N–H and O–H groups in total. The highest BCUT2D eigenvalue weighted by molar-refractivity contribution is 5.87. The first-order valence-electron chi connectivity index (χ1n) is 7.81. The molecule has 2 heterocycles. The minimum atomic E-state index is -0.892. The number of benzene rings is 1. The second-order valence-electron chi connectivity index (χ2n) is 5.87. The van der Waals surface area contributed by atoms with E-state index < -0.39 is 5.97 Å². The number of hydrogen-bond acceptors (Lipinski definition) is 4. The van der Waals surface area contributed by atoms with Crippen molar-refractivity contribution < 1.29 is 19.1 Å². The predicted octanol–water partition coefficient (Wildman–Crippen LogP) is 3.46. The van der Waals surface area contributed by atoms with E-state index in [0.29, 0.717) is 12.2 Å². The maximum absolute atomic E-state index is 10.9. The number of furan rings is 1. The summed E-state index contributed by atoms with van der Waals surface area (Å²) in [6.45, 7) is 2.31. The Morgan fingerprint density at radius 2 is 2.09 bits per heavy atom. The summed E-state index contributed by atoms with van der Waals surface area (Å²) in [7, 11) is 1.66. The number of nitrogens with zero attached hydrogens (tertiary/aromatic N) is 1. The van der Waals surface area contributed by atoms with Crippen molar-refractivity contribution in [3.8, 4) is 0 Å². The van der Waals surface area contributed by atoms with Gasteiger partial charge in [-0.3, -0.25) is 4.90 Å². The highest BCUT2D eigenvalue weighted by Crippen LogP contribution is 2.34. The molecule has 0 saturated carbocycles. The standard InChI is InChI=1S/C18H21NO4/c1-22-12-15-8-9-17(23-15)16-3-2-10-19(16)11-13-4-6-14(7-5-13)18(20)21/h4-9,16H,2-3,10-12H2,1H3,(H,20,21). The smallest absolute Gasteiger partial charge is 0.335 e. The molecule has 3 rings (SSSR count). The van der Waals surface area contributed by atoms with Crippen molar-refractivity contribution in [1.82, 2.24) is 4.90 Å². The molecule has 0 bridgehead atoms. The number of likely N-dealkylation sites (tertiary alicyclic amines) is 1. The number of carboxylic acid groups (broad SMARTS) is 1. The van der Waals surface area contributed by atoms with Crippen molar-refractivity contribution in [2.75, 3.05) is 13.7 Å². The molecule has 1 aliphatic heterocycles. The van der Waals surface area contributed by atoms with Crippen LogP contribution in [0.15, 0.2) is 40.8 Å². The Labute approximate surface area is 135 Å². The van der Waals surface area contributed by atoms with Gasteiger partial charge in [-0.05, 0) is 49.2 Å². The van der Waals surface area contributed by atoms with Crippen molar-refractivity contribution in [3.63, 3.8) is 0 Å². The van der Waals surface area contributed by atoms with Crippen molar-refractivity contribution in [2.24, 2.45) is 0 Å². The van der Waals surface area contributed by atoms with E-state index in [1.165, 1.54) is 0 Å². The van der Waals surface area contributed by atoms with Crippen LogP contribution >= 0.6 is 0 Å². The fourth-order valence-corrected chi connectivity index (χ4v) is 3.12. The minimum Gasteiger partial charge on any atom is -0.478 e. The quantitative estimate of drug-likeness (QED) is 0.884. The minimum absolute atomic E-state index is 0.278. The molecule has 1 aliphatic rings. The maximum Gasteiger partial charge on any atom is 0.335 e. The molecule has 1 atom stereocenters. The first-order valence-corrected chi connectivity index (χ1v) is 7.81. The van der Waals surface area contributed by atoms with Crippen LogP contribution in [0.4, 0.5) is 0 Å². The number of ether oxygens (including phenoxy) is 1. The Balaban J connectivity index is 1.69. The zero-order valence-electron chi connectivity index (χ0n) is 13.2. The molecular formula is C18H21NO4. The van der Waals surface area contributed by atoms with Gasteiger partial charge < -0.3 is 14.3 Å². The number of aromatic carboxylic acids is 1. The Bertz CT molecular complexity index is 662. The van der Waals surface area contributed by atoms with E-state index in [2.05, 4.69) is 4.90 Å². The van der Waals surface area contributed by atoms with Gasteiger partial charge in [-0.25, -0.2) is 4.79 Å². The van der Waals surface area contributed by atoms with Gasteiger partial charge >= 0.3 is 5.97 Å². The van der Waals surface area contributed by atoms with Gasteiger partial charge in [0.15, 0.2) is 0 Å². The van der Waals surface area contributed by atoms with Crippen LogP contribution in [-0.4, -0.2) is 29.6 Å². The number of carbonyl (C=O) groups is 1. The van der Waals surface area contributed by atoms with Crippen molar-refractivity contribution in [2.45, 2.75) is 32.0 Å². The monoisotopic (exact) mass is 315 g/mol. The van der Waals surface area contributed by atoms with Gasteiger partial charge in [-0.1, -0.05) is 12.1 Å². The molecule has 2 aromatic rings. The van der Waals surface area contributed by atoms with Crippen LogP contribution in [0, 0.1) is 0 Å². The van der Waals surface area contributed by atoms with E-state index >= 15 is 0 Å². The van der Waals surface area contributed by atoms with Gasteiger partial charge in [0.05, 0.1) is 11.6 Å². The molecule has 1 aromatic carbocycles. The van der Waals surface area contributed by atoms with Gasteiger partial charge in [0, 0.05) is 13.7 Å². The average molecular weight is 315 g/mol. The summed E-state index contributed by atoms with van der Waals surface area (Å²) < 4.78 is 11.0. The topological polar surface area (TPSA) is 62.9 Å². The average Bonchev–Trinajstić information content (AvgIpc) is 3.17. The van der Waals surface area contributed by atoms with E-state index in [4.69, 9.17) is 14.3 Å². The molecule has 1 unspecified atom stereocenters. The number of methoxy groups -OCH3 is 1. The third-order valence-corrected chi connectivity index (χ3v) is 4.25. The lowest BCUT2D eigenvalue weighted by molar-refractivity contribution is 0.0697. The molecule has 0 radical (unpaired) electrons. The number of carboxylic acids is 1. The Kier molecular flexibility index (Phi) is 4.79. The van der Waals surface area contributed by atoms with Gasteiger partial charge in [0.1, 0.15) is 18.1 Å². The van der Waals surface area contributed by atoms with E-state index in [-0.39, 0.29) is 6.04 Å². The zero-order valence-corrected chi connectivity index (χ0v) is 13.2. The molecule has 5 heteroatoms. The fourth-order valence-electron chi connectivity index (χ4n) is 3.12. The second-order valence-corrected chi connectivity index (χ2v) is 5.87. The Morgan fingerprint density at radius 3 is 2.78 bits per heavy atom. The lowest BCUT2D eigenvalue weighted by atomic mass is 10.1. The summed E-state index contributed by atoms with van der Waals surface area (Å²) in [5.74, 6) is 0.939. The molecule has 1 aromatic heterocycles. The summed E-state index contributed by atoms with van der Waals surface area (Å²) >= 11 is 0. The van der Waals surface area contributed by atoms with Crippen LogP contribution in [0.25, 0.3) is 0 Å². The maximum atomic E-state index is 10.9. The van der Waals surface area contributed by atoms with Crippen molar-refractivity contribution >= 4 is 5.97 Å². The van der Waals surface area contributed by atoms with Crippen molar-refractivity contribution in [3.05, 3.63) is 59.0 Å². The lowest BCUT2D eigenvalue weighted by Crippen LogP contribution is -2.22. The van der Waals surface area contributed by atoms with Crippen LogP contribution in [0.3, 0.4) is 0 Å². The third kappa shape index (κ3) is 3.63. The third-order valence-electron chi connectivity index (χ3n) is 4.25. The van der Waals surface area contributed by atoms with E-state index in [1.54, 1.807) is 19.2 Å². The SMILES string of the molecule is COCc1ccc(C2CCCN2Cc2ccc(C(=O)O)cc2)o1. The number of rotatable bonds is 6. The second kappa shape index (κ2) is 6.98. The van der Waals surface area contributed by atoms with Crippen LogP contribution < -0.4 is 0 Å². The van der Waals surface area contributed by atoms with E-state index in [0.717, 1.165) is 43.0 Å². The van der Waals surface area contributed by atoms with Gasteiger partial charge in [0.2, 0.25) is 0 Å². The molecule has 1 fully saturated rings. The highest BCUT2D eigenvalue weighted by Gasteiger charge is 2.28. The van der Waals surface area contributed by atoms with Gasteiger partial charge in [-0.15, -0.1) is 0 Å². The van der Waals surface area contributed by atoms with Crippen LogP contribution in [0.1, 0.15) is 46.3 Å². The normalized spacial score (nSPS) is 18.4. The molecule has 5 nitrogen and oxygen atoms in total. The van der Waals surface area contributed by atoms with Crippen LogP contribution in [0.5, 0.6) is 0 Å². The predicted molar refractivity (Wildman–Crippen MR) is 85.2 cm³/mol. The summed E-state index contributed by atoms with van der Waals surface area (Å²) in [6.07, 6.45) is 2.21. The molecule has 0 aliphatic carbocycles. The van der Waals surface area contributed by atoms with Crippen LogP contribution in [-0.2, 0) is 17.9 Å². The van der Waals surface area contributed by atoms with Crippen LogP contribution in [0.2, 0.25) is 0 Å². The lowest BCUT2D eigenvalue weighted by Gasteiger charge is -2.23. The first-order chi connectivity index (χ1) is 11.2.